The van der Waals surface area contributed by atoms with Crippen molar-refractivity contribution in [3.05, 3.63) is 29.8 Å². The number of carbonyl (C=O) groups excluding carboxylic acids is 9. The second-order valence-corrected chi connectivity index (χ2v) is 21.0. The van der Waals surface area contributed by atoms with E-state index in [1.54, 1.807) is 0 Å². The van der Waals surface area contributed by atoms with Crippen LogP contribution in [0.4, 0.5) is 0 Å². The number of carbonyl (C=O) groups is 10. The van der Waals surface area contributed by atoms with Gasteiger partial charge in [-0.15, -0.1) is 0 Å². The van der Waals surface area contributed by atoms with Crippen LogP contribution in [0.3, 0.4) is 0 Å². The Labute approximate surface area is 488 Å². The number of phenols is 1. The molecular formula is C52H85N11O22. The number of carboxylic acids is 1. The van der Waals surface area contributed by atoms with Crippen LogP contribution < -0.4 is 59.7 Å². The molecule has 0 radical (unpaired) electrons. The molecule has 2 aliphatic rings. The molecule has 2 heterocycles. The first-order chi connectivity index (χ1) is 40.2. The van der Waals surface area contributed by atoms with E-state index in [9.17, 15) is 99.0 Å². The molecule has 0 spiro atoms. The van der Waals surface area contributed by atoms with E-state index in [2.05, 4.69) is 38.8 Å². The SMILES string of the molecule is CCCCCCCCCC(N)CC(O)CC(CC1CC(=O)N[C@@H](CO)C(=O)N[C@@H](C(O)c2ccc(O)cc2)C(=O)N[C@@H](CC(=O)O)C(=O)N[C@@H](CO)C(=O)NCC(=O)NCCC(N)C(=O)N[C@@H](C(O)C(N)=O)C(=O)N1)O[C@@H]1OC[C@@H](O)[C@H](O)[C@H]1O. The highest BCUT2D eigenvalue weighted by Gasteiger charge is 2.42. The second kappa shape index (κ2) is 36.9. The summed E-state index contributed by atoms with van der Waals surface area (Å²) < 4.78 is 11.5. The van der Waals surface area contributed by atoms with Gasteiger partial charge in [0.05, 0.1) is 51.0 Å². The van der Waals surface area contributed by atoms with Crippen LogP contribution >= 0.6 is 0 Å². The third-order valence-corrected chi connectivity index (χ3v) is 13.9. The van der Waals surface area contributed by atoms with E-state index in [1.807, 2.05) is 10.6 Å². The summed E-state index contributed by atoms with van der Waals surface area (Å²) in [5.74, 6) is -14.0. The maximum absolute atomic E-state index is 14.3. The number of primary amides is 1. The Morgan fingerprint density at radius 2 is 1.29 bits per heavy atom. The van der Waals surface area contributed by atoms with Crippen LogP contribution in [0.1, 0.15) is 108 Å². The molecule has 33 heteroatoms. The molecule has 3 rings (SSSR count). The van der Waals surface area contributed by atoms with Crippen molar-refractivity contribution in [3.63, 3.8) is 0 Å². The van der Waals surface area contributed by atoms with Gasteiger partial charge < -0.3 is 120 Å². The highest BCUT2D eigenvalue weighted by Crippen LogP contribution is 2.25. The van der Waals surface area contributed by atoms with Crippen LogP contribution in [0, 0.1) is 0 Å². The van der Waals surface area contributed by atoms with E-state index >= 15 is 0 Å². The van der Waals surface area contributed by atoms with Crippen LogP contribution in [0.2, 0.25) is 0 Å². The Bertz CT molecular complexity index is 2360. The Hall–Kier alpha value is -6.76. The lowest BCUT2D eigenvalue weighted by Crippen LogP contribution is -2.61. The minimum atomic E-state index is -2.52. The van der Waals surface area contributed by atoms with Gasteiger partial charge in [-0.3, -0.25) is 47.9 Å². The van der Waals surface area contributed by atoms with Crippen LogP contribution in [0.5, 0.6) is 5.75 Å². The number of rotatable bonds is 24. The molecule has 33 nitrogen and oxygen atoms in total. The zero-order valence-electron chi connectivity index (χ0n) is 47.1. The molecule has 480 valence electrons. The van der Waals surface area contributed by atoms with Crippen LogP contribution in [0.15, 0.2) is 24.3 Å². The van der Waals surface area contributed by atoms with Crippen LogP contribution in [-0.4, -0.2) is 234 Å². The number of aliphatic hydroxyl groups excluding tert-OH is 8. The van der Waals surface area contributed by atoms with Crippen molar-refractivity contribution >= 4 is 59.1 Å². The average Bonchev–Trinajstić information content (AvgIpc) is 3.58. The van der Waals surface area contributed by atoms with Gasteiger partial charge in [0, 0.05) is 25.0 Å². The third kappa shape index (κ3) is 25.0. The number of carboxylic acid groups (broad SMARTS) is 1. The molecule has 7 unspecified atom stereocenters. The number of hydrogen-bond donors (Lipinski definition) is 21. The second-order valence-electron chi connectivity index (χ2n) is 21.0. The van der Waals surface area contributed by atoms with Gasteiger partial charge in [-0.1, -0.05) is 64.0 Å². The van der Waals surface area contributed by atoms with Crippen LogP contribution in [0.25, 0.3) is 0 Å². The van der Waals surface area contributed by atoms with E-state index in [0.29, 0.717) is 6.42 Å². The van der Waals surface area contributed by atoms with Crippen molar-refractivity contribution in [2.75, 3.05) is 32.9 Å². The van der Waals surface area contributed by atoms with Crippen molar-refractivity contribution in [2.45, 2.75) is 194 Å². The summed E-state index contributed by atoms with van der Waals surface area (Å²) >= 11 is 0. The molecular weight excluding hydrogens is 1130 g/mol. The number of aliphatic carboxylic acids is 1. The van der Waals surface area contributed by atoms with E-state index in [0.717, 1.165) is 69.2 Å². The number of benzene rings is 1. The Balaban J connectivity index is 2.14. The van der Waals surface area contributed by atoms with Gasteiger partial charge in [-0.25, -0.2) is 0 Å². The molecule has 1 aromatic rings. The Kier molecular flexibility index (Phi) is 31.5. The van der Waals surface area contributed by atoms with Gasteiger partial charge in [0.2, 0.25) is 53.2 Å². The number of unbranched alkanes of at least 4 members (excludes halogenated alkanes) is 6. The summed E-state index contributed by atoms with van der Waals surface area (Å²) in [6.45, 7) is -2.15. The lowest BCUT2D eigenvalue weighted by molar-refractivity contribution is -0.285. The molecule has 0 saturated carbocycles. The maximum atomic E-state index is 14.3. The molecule has 24 N–H and O–H groups in total. The predicted molar refractivity (Wildman–Crippen MR) is 293 cm³/mol. The smallest absolute Gasteiger partial charge is 0.305 e. The number of nitrogens with two attached hydrogens (primary N) is 3. The highest BCUT2D eigenvalue weighted by molar-refractivity contribution is 5.98. The molecule has 0 aliphatic carbocycles. The molecule has 2 aliphatic heterocycles. The average molecular weight is 1220 g/mol. The minimum Gasteiger partial charge on any atom is -0.508 e. The molecule has 2 saturated heterocycles. The first kappa shape index (κ1) is 72.5. The monoisotopic (exact) mass is 1220 g/mol. The van der Waals surface area contributed by atoms with E-state index < -0.39 is 222 Å². The van der Waals surface area contributed by atoms with Crippen molar-refractivity contribution in [1.82, 2.24) is 42.5 Å². The summed E-state index contributed by atoms with van der Waals surface area (Å²) in [6, 6.07) is -10.2. The number of phenolic OH excluding ortho intramolecular Hbond substituents is 1. The fourth-order valence-electron chi connectivity index (χ4n) is 9.08. The van der Waals surface area contributed by atoms with E-state index in [4.69, 9.17) is 26.7 Å². The number of hydrogen-bond acceptors (Lipinski definition) is 23. The van der Waals surface area contributed by atoms with E-state index in [1.165, 1.54) is 0 Å². The quantitative estimate of drug-likeness (QED) is 0.0428. The van der Waals surface area contributed by atoms with Gasteiger partial charge in [0.25, 0.3) is 0 Å². The van der Waals surface area contributed by atoms with Crippen molar-refractivity contribution in [1.29, 1.82) is 0 Å². The number of aromatic hydroxyl groups is 1. The summed E-state index contributed by atoms with van der Waals surface area (Å²) in [5, 5.41) is 123. The Morgan fingerprint density at radius 1 is 0.706 bits per heavy atom. The van der Waals surface area contributed by atoms with E-state index in [-0.39, 0.29) is 17.7 Å². The molecule has 85 heavy (non-hydrogen) atoms. The molecule has 16 atom stereocenters. The van der Waals surface area contributed by atoms with Crippen molar-refractivity contribution < 1.29 is 108 Å². The minimum absolute atomic E-state index is 0.0344. The van der Waals surface area contributed by atoms with Crippen LogP contribution in [-0.2, 0) is 57.4 Å². The fraction of sp³-hybridized carbons (Fsp3) is 0.692. The molecule has 0 aromatic heterocycles. The third-order valence-electron chi connectivity index (χ3n) is 13.9. The summed E-state index contributed by atoms with van der Waals surface area (Å²) in [5.41, 5.74) is 17.6. The van der Waals surface area contributed by atoms with Gasteiger partial charge >= 0.3 is 5.97 Å². The summed E-state index contributed by atoms with van der Waals surface area (Å²) in [6.07, 6.45) is -10.7. The fourth-order valence-corrected chi connectivity index (χ4v) is 9.08. The summed E-state index contributed by atoms with van der Waals surface area (Å²) in [7, 11) is 0. The van der Waals surface area contributed by atoms with Crippen molar-refractivity contribution in [3.8, 4) is 5.75 Å². The normalized spacial score (nSPS) is 27.8. The predicted octanol–water partition coefficient (Wildman–Crippen LogP) is -8.18. The molecule has 1 aromatic carbocycles. The van der Waals surface area contributed by atoms with Crippen molar-refractivity contribution in [2.24, 2.45) is 17.2 Å². The van der Waals surface area contributed by atoms with Gasteiger partial charge in [0.1, 0.15) is 60.4 Å². The number of aliphatic hydroxyl groups is 8. The van der Waals surface area contributed by atoms with Gasteiger partial charge in [-0.2, -0.15) is 0 Å². The maximum Gasteiger partial charge on any atom is 0.305 e. The Morgan fingerprint density at radius 3 is 1.92 bits per heavy atom. The molecule has 9 amide bonds. The van der Waals surface area contributed by atoms with Gasteiger partial charge in [-0.05, 0) is 49.8 Å². The number of nitrogens with one attached hydrogen (secondary N) is 8. The molecule has 0 bridgehead atoms. The zero-order valence-corrected chi connectivity index (χ0v) is 47.1. The first-order valence-electron chi connectivity index (χ1n) is 27.9. The topological polar surface area (TPSA) is 566 Å². The lowest BCUT2D eigenvalue weighted by atomic mass is 9.95. The number of amides is 9. The number of ether oxygens (including phenoxy) is 2. The summed E-state index contributed by atoms with van der Waals surface area (Å²) in [4.78, 5) is 134. The largest absolute Gasteiger partial charge is 0.508 e. The molecule has 2 fully saturated rings. The standard InChI is InChI=1S/C52H85N11O22/c1-2-3-4-5-6-7-8-9-26(53)16-29(67)19-30(85-52-44(76)42(74)35(68)24-84-52)17-27-18-36(69)59-34(23-65)49(81)63-39(41(73)25-10-12-28(66)13-11-25)51(83)60-32(20-38(71)72)48(80)61-33(22-64)47(79)57-21-37(70)56-15-14-31(54)46(78)62-40(50(82)58-27)43(75)45(55)77/h10-13,26-27,29-35,39-44,52,64-68,73-76H,2-9,14-24,53-54H2,1H3,(H2,55,77)(H,56,70)(H,57,79)(H,58,82)(H,59,69)(H,60,83)(H,61,80)(H,62,78)(H,63,81)(H,71,72)/t26?,27?,29?,30?,31?,32-,33-,34-,35+,39-,40-,41?,42-,43?,44+,52-/m0/s1. The first-order valence-corrected chi connectivity index (χ1v) is 27.9. The zero-order chi connectivity index (χ0) is 63.5. The van der Waals surface area contributed by atoms with Gasteiger partial charge in [0.15, 0.2) is 12.4 Å². The highest BCUT2D eigenvalue weighted by atomic mass is 16.7. The lowest BCUT2D eigenvalue weighted by Gasteiger charge is -2.38.